The number of nitrogens with one attached hydrogen (secondary N) is 1. The Morgan fingerprint density at radius 2 is 2.10 bits per heavy atom. The molecule has 3 N–H and O–H groups in total. The van der Waals surface area contributed by atoms with Gasteiger partial charge in [-0.25, -0.2) is 0 Å². The zero-order chi connectivity index (χ0) is 14.7. The summed E-state index contributed by atoms with van der Waals surface area (Å²) < 4.78 is 5.24. The van der Waals surface area contributed by atoms with Crippen molar-refractivity contribution in [3.63, 3.8) is 0 Å². The van der Waals surface area contributed by atoms with Gasteiger partial charge >= 0.3 is 0 Å². The standard InChI is InChI=1S/C16H24N2O2/c1-10-7-8-14(11(2)9-10)18-16(19)12-5-4-6-13(17)15(12)20-3/h4-6,10-11,14H,7-9,17H2,1-3H3,(H,18,19). The van der Waals surface area contributed by atoms with Gasteiger partial charge < -0.3 is 15.8 Å². The van der Waals surface area contributed by atoms with Crippen molar-refractivity contribution < 1.29 is 9.53 Å². The summed E-state index contributed by atoms with van der Waals surface area (Å²) in [4.78, 5) is 12.4. The van der Waals surface area contributed by atoms with Crippen LogP contribution in [0.2, 0.25) is 0 Å². The molecule has 0 aliphatic heterocycles. The highest BCUT2D eigenvalue weighted by atomic mass is 16.5. The van der Waals surface area contributed by atoms with Crippen molar-refractivity contribution in [2.24, 2.45) is 11.8 Å². The minimum absolute atomic E-state index is 0.0967. The Morgan fingerprint density at radius 3 is 2.75 bits per heavy atom. The number of benzene rings is 1. The highest BCUT2D eigenvalue weighted by molar-refractivity contribution is 5.98. The summed E-state index contributed by atoms with van der Waals surface area (Å²) >= 11 is 0. The molecule has 4 heteroatoms. The fourth-order valence-corrected chi connectivity index (χ4v) is 3.09. The van der Waals surface area contributed by atoms with E-state index in [1.54, 1.807) is 18.2 Å². The lowest BCUT2D eigenvalue weighted by atomic mass is 9.80. The van der Waals surface area contributed by atoms with Crippen molar-refractivity contribution in [2.45, 2.75) is 39.2 Å². The maximum atomic E-state index is 12.4. The Labute approximate surface area is 120 Å². The summed E-state index contributed by atoms with van der Waals surface area (Å²) in [6, 6.07) is 5.50. The normalized spacial score (nSPS) is 26.1. The average Bonchev–Trinajstić information content (AvgIpc) is 2.41. The molecule has 20 heavy (non-hydrogen) atoms. The van der Waals surface area contributed by atoms with Crippen molar-refractivity contribution in [1.29, 1.82) is 0 Å². The van der Waals surface area contributed by atoms with Crippen molar-refractivity contribution in [3.8, 4) is 5.75 Å². The van der Waals surface area contributed by atoms with Gasteiger partial charge in [0.05, 0.1) is 18.4 Å². The third-order valence-electron chi connectivity index (χ3n) is 4.24. The molecule has 0 radical (unpaired) electrons. The molecule has 0 aromatic heterocycles. The summed E-state index contributed by atoms with van der Waals surface area (Å²) in [5.41, 5.74) is 6.85. The highest BCUT2D eigenvalue weighted by Crippen LogP contribution is 2.30. The Bertz CT molecular complexity index is 487. The van der Waals surface area contributed by atoms with Crippen LogP contribution in [0, 0.1) is 11.8 Å². The van der Waals surface area contributed by atoms with Gasteiger partial charge in [0.25, 0.3) is 5.91 Å². The van der Waals surface area contributed by atoms with Crippen LogP contribution in [0.3, 0.4) is 0 Å². The topological polar surface area (TPSA) is 64.3 Å². The number of rotatable bonds is 3. The van der Waals surface area contributed by atoms with E-state index in [9.17, 15) is 4.79 Å². The number of ether oxygens (including phenoxy) is 1. The SMILES string of the molecule is COc1c(N)cccc1C(=O)NC1CCC(C)CC1C. The summed E-state index contributed by atoms with van der Waals surface area (Å²) in [6.45, 7) is 4.48. The summed E-state index contributed by atoms with van der Waals surface area (Å²) in [5.74, 6) is 1.62. The summed E-state index contributed by atoms with van der Waals surface area (Å²) in [5, 5.41) is 3.13. The molecule has 3 unspecified atom stereocenters. The Hall–Kier alpha value is -1.71. The molecule has 1 aliphatic carbocycles. The molecule has 1 fully saturated rings. The van der Waals surface area contributed by atoms with Crippen LogP contribution >= 0.6 is 0 Å². The first kappa shape index (κ1) is 14.7. The van der Waals surface area contributed by atoms with Gasteiger partial charge in [0.15, 0.2) is 5.75 Å². The largest absolute Gasteiger partial charge is 0.494 e. The first-order chi connectivity index (χ1) is 9.52. The van der Waals surface area contributed by atoms with Gasteiger partial charge in [-0.15, -0.1) is 0 Å². The second-order valence-electron chi connectivity index (χ2n) is 5.90. The molecule has 110 valence electrons. The second-order valence-corrected chi connectivity index (χ2v) is 5.90. The minimum Gasteiger partial charge on any atom is -0.494 e. The fourth-order valence-electron chi connectivity index (χ4n) is 3.09. The Balaban J connectivity index is 2.11. The minimum atomic E-state index is -0.0967. The molecule has 2 rings (SSSR count). The van der Waals surface area contributed by atoms with E-state index in [0.29, 0.717) is 22.9 Å². The number of hydrogen-bond acceptors (Lipinski definition) is 3. The van der Waals surface area contributed by atoms with E-state index in [1.165, 1.54) is 20.0 Å². The van der Waals surface area contributed by atoms with Gasteiger partial charge in [-0.05, 0) is 43.2 Å². The van der Waals surface area contributed by atoms with E-state index in [2.05, 4.69) is 19.2 Å². The van der Waals surface area contributed by atoms with Crippen molar-refractivity contribution >= 4 is 11.6 Å². The van der Waals surface area contributed by atoms with Crippen LogP contribution in [0.15, 0.2) is 18.2 Å². The number of anilines is 1. The molecular weight excluding hydrogens is 252 g/mol. The van der Waals surface area contributed by atoms with Gasteiger partial charge in [0, 0.05) is 6.04 Å². The van der Waals surface area contributed by atoms with Crippen molar-refractivity contribution in [2.75, 3.05) is 12.8 Å². The van der Waals surface area contributed by atoms with Gasteiger partial charge in [-0.2, -0.15) is 0 Å². The average molecular weight is 276 g/mol. The van der Waals surface area contributed by atoms with Gasteiger partial charge in [-0.1, -0.05) is 19.9 Å². The smallest absolute Gasteiger partial charge is 0.255 e. The molecule has 0 saturated heterocycles. The molecule has 0 heterocycles. The van der Waals surface area contributed by atoms with Gasteiger partial charge in [0.1, 0.15) is 0 Å². The van der Waals surface area contributed by atoms with E-state index >= 15 is 0 Å². The molecule has 1 aromatic rings. The number of nitrogens with two attached hydrogens (primary N) is 1. The van der Waals surface area contributed by atoms with Crippen LogP contribution < -0.4 is 15.8 Å². The molecule has 1 aliphatic rings. The molecule has 1 saturated carbocycles. The lowest BCUT2D eigenvalue weighted by Crippen LogP contribution is -2.42. The number of para-hydroxylation sites is 1. The molecule has 4 nitrogen and oxygen atoms in total. The summed E-state index contributed by atoms with van der Waals surface area (Å²) in [7, 11) is 1.54. The van der Waals surface area contributed by atoms with Crippen LogP contribution in [0.5, 0.6) is 5.75 Å². The molecule has 0 spiro atoms. The zero-order valence-electron chi connectivity index (χ0n) is 12.5. The quantitative estimate of drug-likeness (QED) is 0.834. The van der Waals surface area contributed by atoms with Crippen LogP contribution in [-0.2, 0) is 0 Å². The van der Waals surface area contributed by atoms with E-state index < -0.39 is 0 Å². The van der Waals surface area contributed by atoms with E-state index in [-0.39, 0.29) is 11.9 Å². The lowest BCUT2D eigenvalue weighted by Gasteiger charge is -2.33. The fraction of sp³-hybridized carbons (Fsp3) is 0.562. The van der Waals surface area contributed by atoms with E-state index in [1.807, 2.05) is 0 Å². The highest BCUT2D eigenvalue weighted by Gasteiger charge is 2.27. The predicted molar refractivity (Wildman–Crippen MR) is 80.8 cm³/mol. The van der Waals surface area contributed by atoms with Crippen LogP contribution in [0.25, 0.3) is 0 Å². The third kappa shape index (κ3) is 3.06. The molecule has 3 atom stereocenters. The molecule has 0 bridgehead atoms. The molecular formula is C16H24N2O2. The second kappa shape index (κ2) is 6.16. The zero-order valence-corrected chi connectivity index (χ0v) is 12.5. The first-order valence-electron chi connectivity index (χ1n) is 7.26. The monoisotopic (exact) mass is 276 g/mol. The number of methoxy groups -OCH3 is 1. The van der Waals surface area contributed by atoms with Crippen molar-refractivity contribution in [3.05, 3.63) is 23.8 Å². The lowest BCUT2D eigenvalue weighted by molar-refractivity contribution is 0.0896. The Kier molecular flexibility index (Phi) is 4.53. The summed E-state index contributed by atoms with van der Waals surface area (Å²) in [6.07, 6.45) is 3.38. The maximum Gasteiger partial charge on any atom is 0.255 e. The third-order valence-corrected chi connectivity index (χ3v) is 4.24. The maximum absolute atomic E-state index is 12.4. The van der Waals surface area contributed by atoms with Crippen LogP contribution in [-0.4, -0.2) is 19.1 Å². The van der Waals surface area contributed by atoms with Gasteiger partial charge in [-0.3, -0.25) is 4.79 Å². The van der Waals surface area contributed by atoms with Gasteiger partial charge in [0.2, 0.25) is 0 Å². The number of carbonyl (C=O) groups excluding carboxylic acids is 1. The number of amides is 1. The number of carbonyl (C=O) groups is 1. The number of hydrogen-bond donors (Lipinski definition) is 2. The first-order valence-corrected chi connectivity index (χ1v) is 7.26. The van der Waals surface area contributed by atoms with E-state index in [0.717, 1.165) is 12.3 Å². The van der Waals surface area contributed by atoms with Crippen LogP contribution in [0.1, 0.15) is 43.5 Å². The van der Waals surface area contributed by atoms with Crippen LogP contribution in [0.4, 0.5) is 5.69 Å². The van der Waals surface area contributed by atoms with E-state index in [4.69, 9.17) is 10.5 Å². The molecule has 1 amide bonds. The number of nitrogen functional groups attached to an aromatic ring is 1. The predicted octanol–water partition coefficient (Wildman–Crippen LogP) is 2.83. The van der Waals surface area contributed by atoms with Crippen molar-refractivity contribution in [1.82, 2.24) is 5.32 Å². The Morgan fingerprint density at radius 1 is 1.35 bits per heavy atom. The molecule has 1 aromatic carbocycles.